The summed E-state index contributed by atoms with van der Waals surface area (Å²) in [5, 5.41) is 3.37. The van der Waals surface area contributed by atoms with Gasteiger partial charge in [0, 0.05) is 6.54 Å². The van der Waals surface area contributed by atoms with E-state index in [1.165, 1.54) is 0 Å². The predicted molar refractivity (Wildman–Crippen MR) is 99.8 cm³/mol. The van der Waals surface area contributed by atoms with Gasteiger partial charge in [-0.25, -0.2) is 4.98 Å². The van der Waals surface area contributed by atoms with Crippen molar-refractivity contribution >= 4 is 28.3 Å². The molecule has 1 unspecified atom stereocenters. The van der Waals surface area contributed by atoms with Crippen LogP contribution in [0.3, 0.4) is 0 Å². The Balaban J connectivity index is 0.00000208. The lowest BCUT2D eigenvalue weighted by Gasteiger charge is -2.23. The molecule has 130 valence electrons. The first-order valence-electron chi connectivity index (χ1n) is 7.86. The van der Waals surface area contributed by atoms with Crippen molar-refractivity contribution in [1.29, 1.82) is 0 Å². The van der Waals surface area contributed by atoms with Crippen LogP contribution in [0.1, 0.15) is 18.4 Å². The largest absolute Gasteiger partial charge is 0.472 e. The first-order chi connectivity index (χ1) is 11.2. The van der Waals surface area contributed by atoms with Crippen molar-refractivity contribution in [2.24, 2.45) is 5.92 Å². The molecular formula is C17H21BrClN3O2. The molecule has 3 rings (SSSR count). The van der Waals surface area contributed by atoms with Crippen molar-refractivity contribution in [3.8, 4) is 5.88 Å². The van der Waals surface area contributed by atoms with E-state index in [9.17, 15) is 4.79 Å². The summed E-state index contributed by atoms with van der Waals surface area (Å²) in [5.74, 6) is 0.822. The van der Waals surface area contributed by atoms with Crippen LogP contribution in [-0.2, 0) is 13.2 Å². The van der Waals surface area contributed by atoms with Crippen molar-refractivity contribution in [1.82, 2.24) is 14.9 Å². The van der Waals surface area contributed by atoms with E-state index in [0.717, 1.165) is 31.5 Å². The summed E-state index contributed by atoms with van der Waals surface area (Å²) in [7, 11) is 0. The standard InChI is InChI=1S/C17H20BrN3O2.ClH/c18-15-16(23-11-13-5-2-1-3-6-13)20-12-21(17(15)22)10-14-7-4-8-19-9-14;/h1-3,5-6,12,14,19H,4,7-11H2;1H. The number of hydrogen-bond acceptors (Lipinski definition) is 4. The number of halogens is 2. The summed E-state index contributed by atoms with van der Waals surface area (Å²) in [5.41, 5.74) is 0.951. The van der Waals surface area contributed by atoms with Crippen molar-refractivity contribution in [2.45, 2.75) is 26.0 Å². The Morgan fingerprint density at radius 2 is 2.12 bits per heavy atom. The van der Waals surface area contributed by atoms with Gasteiger partial charge in [-0.3, -0.25) is 9.36 Å². The molecule has 1 N–H and O–H groups in total. The molecule has 5 nitrogen and oxygen atoms in total. The normalized spacial score (nSPS) is 17.1. The molecule has 1 aromatic heterocycles. The second kappa shape index (κ2) is 9.20. The topological polar surface area (TPSA) is 56.1 Å². The third-order valence-electron chi connectivity index (χ3n) is 4.02. The number of benzene rings is 1. The first-order valence-corrected chi connectivity index (χ1v) is 8.65. The number of hydrogen-bond donors (Lipinski definition) is 1. The van der Waals surface area contributed by atoms with E-state index in [-0.39, 0.29) is 18.0 Å². The van der Waals surface area contributed by atoms with Gasteiger partial charge in [-0.2, -0.15) is 0 Å². The maximum atomic E-state index is 12.5. The molecule has 24 heavy (non-hydrogen) atoms. The summed E-state index contributed by atoms with van der Waals surface area (Å²) in [6.07, 6.45) is 3.89. The van der Waals surface area contributed by atoms with Crippen LogP contribution in [0.4, 0.5) is 0 Å². The minimum absolute atomic E-state index is 0. The smallest absolute Gasteiger partial charge is 0.271 e. The quantitative estimate of drug-likeness (QED) is 0.817. The minimum Gasteiger partial charge on any atom is -0.472 e. The van der Waals surface area contributed by atoms with Crippen LogP contribution in [0, 0.1) is 5.92 Å². The highest BCUT2D eigenvalue weighted by molar-refractivity contribution is 9.10. The molecule has 0 spiro atoms. The lowest BCUT2D eigenvalue weighted by Crippen LogP contribution is -2.35. The van der Waals surface area contributed by atoms with Crippen molar-refractivity contribution < 1.29 is 4.74 Å². The Bertz CT molecular complexity index is 703. The number of rotatable bonds is 5. The molecular weight excluding hydrogens is 394 g/mol. The fraction of sp³-hybridized carbons (Fsp3) is 0.412. The molecule has 7 heteroatoms. The van der Waals surface area contributed by atoms with Crippen molar-refractivity contribution in [3.05, 3.63) is 57.0 Å². The molecule has 2 heterocycles. The van der Waals surface area contributed by atoms with Gasteiger partial charge in [-0.05, 0) is 53.3 Å². The van der Waals surface area contributed by atoms with Gasteiger partial charge in [0.2, 0.25) is 5.88 Å². The van der Waals surface area contributed by atoms with E-state index in [2.05, 4.69) is 26.2 Å². The third kappa shape index (κ3) is 4.82. The molecule has 0 aliphatic carbocycles. The van der Waals surface area contributed by atoms with E-state index >= 15 is 0 Å². The number of ether oxygens (including phenoxy) is 1. The highest BCUT2D eigenvalue weighted by Crippen LogP contribution is 2.19. The molecule has 2 aromatic rings. The highest BCUT2D eigenvalue weighted by Gasteiger charge is 2.16. The zero-order chi connectivity index (χ0) is 16.1. The number of piperidine rings is 1. The Hall–Kier alpha value is -1.37. The molecule has 1 aromatic carbocycles. The minimum atomic E-state index is -0.0892. The van der Waals surface area contributed by atoms with Crippen molar-refractivity contribution in [2.75, 3.05) is 13.1 Å². The van der Waals surface area contributed by atoms with Crippen LogP contribution in [0.2, 0.25) is 0 Å². The predicted octanol–water partition coefficient (Wildman–Crippen LogP) is 3.01. The van der Waals surface area contributed by atoms with Gasteiger partial charge in [0.05, 0.1) is 0 Å². The molecule has 1 fully saturated rings. The second-order valence-electron chi connectivity index (χ2n) is 5.81. The van der Waals surface area contributed by atoms with Gasteiger partial charge in [-0.1, -0.05) is 30.3 Å². The van der Waals surface area contributed by atoms with Crippen LogP contribution < -0.4 is 15.6 Å². The van der Waals surface area contributed by atoms with Gasteiger partial charge in [0.25, 0.3) is 5.56 Å². The molecule has 0 amide bonds. The van der Waals surface area contributed by atoms with Crippen LogP contribution in [0.15, 0.2) is 45.9 Å². The van der Waals surface area contributed by atoms with Crippen molar-refractivity contribution in [3.63, 3.8) is 0 Å². The van der Waals surface area contributed by atoms with Gasteiger partial charge in [0.1, 0.15) is 17.4 Å². The summed E-state index contributed by atoms with van der Waals surface area (Å²) < 4.78 is 7.72. The summed E-state index contributed by atoms with van der Waals surface area (Å²) >= 11 is 3.33. The molecule has 1 aliphatic rings. The summed E-state index contributed by atoms with van der Waals surface area (Å²) in [4.78, 5) is 16.7. The maximum absolute atomic E-state index is 12.5. The lowest BCUT2D eigenvalue weighted by atomic mass is 10.00. The monoisotopic (exact) mass is 413 g/mol. The number of nitrogens with one attached hydrogen (secondary N) is 1. The Labute approximate surface area is 156 Å². The summed E-state index contributed by atoms with van der Waals surface area (Å²) in [6.45, 7) is 3.11. The van der Waals surface area contributed by atoms with Crippen LogP contribution in [-0.4, -0.2) is 22.6 Å². The van der Waals surface area contributed by atoms with E-state index < -0.39 is 0 Å². The molecule has 0 radical (unpaired) electrons. The average Bonchev–Trinajstić information content (AvgIpc) is 2.60. The number of aromatic nitrogens is 2. The Morgan fingerprint density at radius 3 is 2.83 bits per heavy atom. The van der Waals surface area contributed by atoms with E-state index in [4.69, 9.17) is 4.74 Å². The number of nitrogens with zero attached hydrogens (tertiary/aromatic N) is 2. The van der Waals surface area contributed by atoms with E-state index in [1.807, 2.05) is 30.3 Å². The molecule has 0 saturated carbocycles. The Kier molecular flexibility index (Phi) is 7.27. The van der Waals surface area contributed by atoms with Gasteiger partial charge in [-0.15, -0.1) is 12.4 Å². The molecule has 0 bridgehead atoms. The first kappa shape index (κ1) is 19.0. The fourth-order valence-electron chi connectivity index (χ4n) is 2.76. The molecule has 1 atom stereocenters. The van der Waals surface area contributed by atoms with Gasteiger partial charge in [0.15, 0.2) is 0 Å². The van der Waals surface area contributed by atoms with Crippen LogP contribution in [0.25, 0.3) is 0 Å². The Morgan fingerprint density at radius 1 is 1.33 bits per heavy atom. The van der Waals surface area contributed by atoms with E-state index in [0.29, 0.717) is 29.4 Å². The third-order valence-corrected chi connectivity index (χ3v) is 4.70. The fourth-order valence-corrected chi connectivity index (χ4v) is 3.21. The maximum Gasteiger partial charge on any atom is 0.271 e. The van der Waals surface area contributed by atoms with Gasteiger partial charge < -0.3 is 10.1 Å². The van der Waals surface area contributed by atoms with E-state index in [1.54, 1.807) is 10.9 Å². The zero-order valence-corrected chi connectivity index (χ0v) is 15.7. The highest BCUT2D eigenvalue weighted by atomic mass is 79.9. The molecule has 1 saturated heterocycles. The zero-order valence-electron chi connectivity index (χ0n) is 13.3. The van der Waals surface area contributed by atoms with Gasteiger partial charge >= 0.3 is 0 Å². The second-order valence-corrected chi connectivity index (χ2v) is 6.60. The van der Waals surface area contributed by atoms with Crippen LogP contribution in [0.5, 0.6) is 5.88 Å². The molecule has 1 aliphatic heterocycles. The average molecular weight is 415 g/mol. The van der Waals surface area contributed by atoms with Crippen LogP contribution >= 0.6 is 28.3 Å². The summed E-state index contributed by atoms with van der Waals surface area (Å²) in [6, 6.07) is 9.82. The SMILES string of the molecule is Cl.O=c1c(Br)c(OCc2ccccc2)ncn1CC1CCCNC1. The lowest BCUT2D eigenvalue weighted by molar-refractivity contribution is 0.286.